The molecule has 0 saturated heterocycles. The number of fused-ring (bicyclic) bond motifs is 1. The van der Waals surface area contributed by atoms with Crippen molar-refractivity contribution in [1.82, 2.24) is 5.32 Å². The SMILES string of the molecule is O=C(CCc1ccccc1)NC(/N=C1/Nc2ccccc2[NH2+]1)C(Cl)(Cl)Cl. The number of aryl methyl sites for hydroxylation is 1. The van der Waals surface area contributed by atoms with Crippen LogP contribution in [0, 0.1) is 0 Å². The number of carbonyl (C=O) groups is 1. The van der Waals surface area contributed by atoms with Crippen molar-refractivity contribution in [3.63, 3.8) is 0 Å². The van der Waals surface area contributed by atoms with E-state index in [2.05, 4.69) is 15.6 Å². The Morgan fingerprint density at radius 2 is 1.81 bits per heavy atom. The Kier molecular flexibility index (Phi) is 6.04. The van der Waals surface area contributed by atoms with Gasteiger partial charge < -0.3 is 5.32 Å². The van der Waals surface area contributed by atoms with Gasteiger partial charge >= 0.3 is 5.96 Å². The summed E-state index contributed by atoms with van der Waals surface area (Å²) in [5, 5.41) is 7.68. The summed E-state index contributed by atoms with van der Waals surface area (Å²) in [6.07, 6.45) is -0.112. The lowest BCUT2D eigenvalue weighted by atomic mass is 10.1. The number of quaternary nitrogens is 1. The van der Waals surface area contributed by atoms with Gasteiger partial charge in [0.25, 0.3) is 0 Å². The van der Waals surface area contributed by atoms with Crippen molar-refractivity contribution < 1.29 is 10.1 Å². The number of rotatable bonds is 5. The van der Waals surface area contributed by atoms with Gasteiger partial charge in [-0.25, -0.2) is 5.32 Å². The van der Waals surface area contributed by atoms with E-state index < -0.39 is 9.96 Å². The molecule has 2 aromatic rings. The van der Waals surface area contributed by atoms with Gasteiger partial charge in [0.15, 0.2) is 11.9 Å². The number of carbonyl (C=O) groups excluding carboxylic acids is 1. The maximum absolute atomic E-state index is 12.3. The highest BCUT2D eigenvalue weighted by Gasteiger charge is 2.36. The van der Waals surface area contributed by atoms with Crippen LogP contribution in [-0.4, -0.2) is 21.8 Å². The standard InChI is InChI=1S/C18H17Cl3N4O/c19-18(20,21)16(24-15(26)11-10-12-6-2-1-3-7-12)25-17-22-13-8-4-5-9-14(13)23-17/h1-9,16H,10-11H2,(H,24,26)(H2,22,23,25)/p+1. The Morgan fingerprint density at radius 1 is 1.12 bits per heavy atom. The molecule has 1 unspecified atom stereocenters. The van der Waals surface area contributed by atoms with E-state index in [1.807, 2.05) is 59.9 Å². The van der Waals surface area contributed by atoms with Crippen molar-refractivity contribution in [2.75, 3.05) is 5.32 Å². The number of anilines is 1. The number of nitrogens with two attached hydrogens (primary N) is 1. The summed E-state index contributed by atoms with van der Waals surface area (Å²) in [4.78, 5) is 16.7. The first kappa shape index (κ1) is 19.0. The molecule has 1 heterocycles. The molecule has 0 aliphatic carbocycles. The minimum absolute atomic E-state index is 0.231. The predicted octanol–water partition coefficient (Wildman–Crippen LogP) is 3.11. The summed E-state index contributed by atoms with van der Waals surface area (Å²) >= 11 is 18.1. The van der Waals surface area contributed by atoms with Gasteiger partial charge in [-0.1, -0.05) is 77.3 Å². The molecule has 0 fully saturated rings. The van der Waals surface area contributed by atoms with E-state index in [1.165, 1.54) is 0 Å². The summed E-state index contributed by atoms with van der Waals surface area (Å²) in [7, 11) is 0. The molecular weight excluding hydrogens is 395 g/mol. The van der Waals surface area contributed by atoms with E-state index in [0.29, 0.717) is 12.4 Å². The van der Waals surface area contributed by atoms with Crippen molar-refractivity contribution in [3.05, 3.63) is 60.2 Å². The van der Waals surface area contributed by atoms with Crippen LogP contribution in [-0.2, 0) is 11.2 Å². The number of benzene rings is 2. The zero-order valence-corrected chi connectivity index (χ0v) is 16.0. The fourth-order valence-corrected chi connectivity index (χ4v) is 2.89. The third-order valence-corrected chi connectivity index (χ3v) is 4.50. The molecule has 0 saturated carbocycles. The average molecular weight is 413 g/mol. The van der Waals surface area contributed by atoms with Crippen LogP contribution < -0.4 is 16.0 Å². The van der Waals surface area contributed by atoms with Crippen LogP contribution in [0.1, 0.15) is 12.0 Å². The van der Waals surface area contributed by atoms with Gasteiger partial charge in [0.1, 0.15) is 5.69 Å². The molecule has 0 aromatic heterocycles. The van der Waals surface area contributed by atoms with Gasteiger partial charge in [0.05, 0.1) is 0 Å². The van der Waals surface area contributed by atoms with Crippen molar-refractivity contribution in [3.8, 4) is 0 Å². The summed E-state index contributed by atoms with van der Waals surface area (Å²) in [5.74, 6) is 0.302. The predicted molar refractivity (Wildman–Crippen MR) is 106 cm³/mol. The van der Waals surface area contributed by atoms with Crippen molar-refractivity contribution in [1.29, 1.82) is 0 Å². The number of para-hydroxylation sites is 2. The van der Waals surface area contributed by atoms with Crippen LogP contribution in [0.15, 0.2) is 59.6 Å². The third-order valence-electron chi connectivity index (χ3n) is 3.88. The Bertz CT molecular complexity index is 779. The van der Waals surface area contributed by atoms with Gasteiger partial charge in [-0.15, -0.1) is 0 Å². The average Bonchev–Trinajstić information content (AvgIpc) is 3.02. The van der Waals surface area contributed by atoms with Gasteiger partial charge in [0.2, 0.25) is 9.70 Å². The molecule has 5 nitrogen and oxygen atoms in total. The number of hydrogen-bond acceptors (Lipinski definition) is 2. The molecule has 136 valence electrons. The highest BCUT2D eigenvalue weighted by atomic mass is 35.6. The van der Waals surface area contributed by atoms with E-state index in [9.17, 15) is 4.79 Å². The second kappa shape index (κ2) is 8.27. The maximum Gasteiger partial charge on any atom is 0.306 e. The molecule has 4 N–H and O–H groups in total. The zero-order chi connectivity index (χ0) is 18.6. The Balaban J connectivity index is 1.64. The van der Waals surface area contributed by atoms with E-state index in [-0.39, 0.29) is 12.3 Å². The molecular formula is C18H18Cl3N4O+. The van der Waals surface area contributed by atoms with Crippen LogP contribution >= 0.6 is 34.8 Å². The summed E-state index contributed by atoms with van der Waals surface area (Å²) in [6, 6.07) is 17.5. The van der Waals surface area contributed by atoms with Crippen molar-refractivity contribution in [2.45, 2.75) is 22.8 Å². The molecule has 1 aliphatic rings. The number of guanidine groups is 1. The van der Waals surface area contributed by atoms with Crippen LogP contribution in [0.25, 0.3) is 0 Å². The lowest BCUT2D eigenvalue weighted by Gasteiger charge is -2.21. The van der Waals surface area contributed by atoms with Crippen molar-refractivity contribution >= 4 is 58.0 Å². The van der Waals surface area contributed by atoms with E-state index >= 15 is 0 Å². The largest absolute Gasteiger partial charge is 0.331 e. The molecule has 0 bridgehead atoms. The summed E-state index contributed by atoms with van der Waals surface area (Å²) in [5.41, 5.74) is 2.98. The first-order valence-electron chi connectivity index (χ1n) is 8.10. The van der Waals surface area contributed by atoms with Crippen LogP contribution in [0.3, 0.4) is 0 Å². The fourth-order valence-electron chi connectivity index (χ4n) is 2.58. The summed E-state index contributed by atoms with van der Waals surface area (Å²) in [6.45, 7) is 0. The molecule has 0 radical (unpaired) electrons. The third kappa shape index (κ3) is 5.11. The van der Waals surface area contributed by atoms with E-state index in [1.54, 1.807) is 0 Å². The molecule has 0 spiro atoms. The number of halogens is 3. The van der Waals surface area contributed by atoms with E-state index in [0.717, 1.165) is 16.9 Å². The van der Waals surface area contributed by atoms with E-state index in [4.69, 9.17) is 34.8 Å². The van der Waals surface area contributed by atoms with Gasteiger partial charge in [-0.05, 0) is 18.1 Å². The monoisotopic (exact) mass is 411 g/mol. The fraction of sp³-hybridized carbons (Fsp3) is 0.222. The number of alkyl halides is 3. The highest BCUT2D eigenvalue weighted by molar-refractivity contribution is 6.68. The number of nitrogens with zero attached hydrogens (tertiary/aromatic N) is 1. The summed E-state index contributed by atoms with van der Waals surface area (Å²) < 4.78 is -1.76. The minimum atomic E-state index is -1.76. The first-order chi connectivity index (χ1) is 12.4. The molecule has 3 rings (SSSR count). The highest BCUT2D eigenvalue weighted by Crippen LogP contribution is 2.31. The number of nitrogens with one attached hydrogen (secondary N) is 2. The Labute approximate surface area is 166 Å². The van der Waals surface area contributed by atoms with Gasteiger partial charge in [0, 0.05) is 12.5 Å². The number of amides is 1. The normalized spacial score (nSPS) is 16.0. The molecule has 1 amide bonds. The van der Waals surface area contributed by atoms with Crippen LogP contribution in [0.4, 0.5) is 11.4 Å². The second-order valence-electron chi connectivity index (χ2n) is 5.87. The maximum atomic E-state index is 12.3. The molecule has 1 atom stereocenters. The Hall–Kier alpha value is -1.79. The quantitative estimate of drug-likeness (QED) is 0.522. The number of aliphatic imine (C=N–C) groups is 1. The van der Waals surface area contributed by atoms with Crippen LogP contribution in [0.5, 0.6) is 0 Å². The number of hydrogen-bond donors (Lipinski definition) is 3. The second-order valence-corrected chi connectivity index (χ2v) is 8.24. The van der Waals surface area contributed by atoms with Crippen molar-refractivity contribution in [2.24, 2.45) is 4.99 Å². The van der Waals surface area contributed by atoms with Crippen LogP contribution in [0.2, 0.25) is 0 Å². The minimum Gasteiger partial charge on any atom is -0.331 e. The molecule has 2 aromatic carbocycles. The van der Waals surface area contributed by atoms with Gasteiger partial charge in [-0.2, -0.15) is 4.99 Å². The smallest absolute Gasteiger partial charge is 0.306 e. The molecule has 26 heavy (non-hydrogen) atoms. The lowest BCUT2D eigenvalue weighted by molar-refractivity contribution is -0.438. The molecule has 1 aliphatic heterocycles. The lowest BCUT2D eigenvalue weighted by Crippen LogP contribution is -2.81. The Morgan fingerprint density at radius 3 is 2.50 bits per heavy atom. The zero-order valence-electron chi connectivity index (χ0n) is 13.8. The van der Waals surface area contributed by atoms with Gasteiger partial charge in [-0.3, -0.25) is 10.1 Å². The topological polar surface area (TPSA) is 70.1 Å². The molecule has 8 heteroatoms. The first-order valence-corrected chi connectivity index (χ1v) is 9.24.